The van der Waals surface area contributed by atoms with E-state index in [0.717, 1.165) is 12.0 Å². The number of hydrogen-bond acceptors (Lipinski definition) is 2. The summed E-state index contributed by atoms with van der Waals surface area (Å²) < 4.78 is 0. The molecule has 4 nitrogen and oxygen atoms in total. The van der Waals surface area contributed by atoms with Gasteiger partial charge in [0.15, 0.2) is 0 Å². The van der Waals surface area contributed by atoms with E-state index in [9.17, 15) is 9.59 Å². The number of halogens is 1. The highest BCUT2D eigenvalue weighted by Crippen LogP contribution is 2.49. The van der Waals surface area contributed by atoms with Gasteiger partial charge in [-0.1, -0.05) is 30.7 Å². The SMILES string of the molecule is CC1CN(C(=O)C2CC2c2cccc(Cl)c2)CCC1C(=O)O. The van der Waals surface area contributed by atoms with E-state index in [1.807, 2.05) is 36.1 Å². The van der Waals surface area contributed by atoms with Crippen molar-refractivity contribution in [2.24, 2.45) is 17.8 Å². The lowest BCUT2D eigenvalue weighted by molar-refractivity contribution is -0.148. The van der Waals surface area contributed by atoms with E-state index in [1.165, 1.54) is 0 Å². The van der Waals surface area contributed by atoms with Gasteiger partial charge in [0.05, 0.1) is 5.92 Å². The van der Waals surface area contributed by atoms with Gasteiger partial charge in [0.2, 0.25) is 5.91 Å². The lowest BCUT2D eigenvalue weighted by Crippen LogP contribution is -2.45. The second-order valence-corrected chi connectivity index (χ2v) is 6.94. The zero-order valence-electron chi connectivity index (χ0n) is 12.5. The molecule has 118 valence electrons. The van der Waals surface area contributed by atoms with E-state index in [0.29, 0.717) is 24.5 Å². The molecule has 4 atom stereocenters. The van der Waals surface area contributed by atoms with Crippen LogP contribution in [0.4, 0.5) is 0 Å². The van der Waals surface area contributed by atoms with E-state index in [-0.39, 0.29) is 29.6 Å². The number of rotatable bonds is 3. The Morgan fingerprint density at radius 3 is 2.73 bits per heavy atom. The van der Waals surface area contributed by atoms with Crippen LogP contribution in [0.1, 0.15) is 31.2 Å². The Balaban J connectivity index is 1.61. The molecular formula is C17H20ClNO3. The number of nitrogens with zero attached hydrogens (tertiary/aromatic N) is 1. The number of likely N-dealkylation sites (tertiary alicyclic amines) is 1. The average molecular weight is 322 g/mol. The van der Waals surface area contributed by atoms with Gasteiger partial charge in [0, 0.05) is 24.0 Å². The molecule has 1 aromatic carbocycles. The molecule has 0 aromatic heterocycles. The Morgan fingerprint density at radius 2 is 2.09 bits per heavy atom. The summed E-state index contributed by atoms with van der Waals surface area (Å²) in [7, 11) is 0. The van der Waals surface area contributed by atoms with E-state index >= 15 is 0 Å². The number of carbonyl (C=O) groups excluding carboxylic acids is 1. The molecule has 1 aliphatic carbocycles. The molecule has 3 rings (SSSR count). The van der Waals surface area contributed by atoms with Crippen LogP contribution in [0.5, 0.6) is 0 Å². The minimum atomic E-state index is -0.747. The number of carboxylic acids is 1. The summed E-state index contributed by atoms with van der Waals surface area (Å²) in [5.74, 6) is -0.597. The minimum Gasteiger partial charge on any atom is -0.481 e. The highest BCUT2D eigenvalue weighted by Gasteiger charge is 2.47. The maximum Gasteiger partial charge on any atom is 0.306 e. The van der Waals surface area contributed by atoms with Crippen LogP contribution in [-0.2, 0) is 9.59 Å². The van der Waals surface area contributed by atoms with Crippen molar-refractivity contribution in [3.63, 3.8) is 0 Å². The standard InChI is InChI=1S/C17H20ClNO3/c1-10-9-19(6-5-13(10)17(21)22)16(20)15-8-14(15)11-3-2-4-12(18)7-11/h2-4,7,10,13-15H,5-6,8-9H2,1H3,(H,21,22). The Labute approximate surface area is 135 Å². The first-order chi connectivity index (χ1) is 10.5. The van der Waals surface area contributed by atoms with Crippen molar-refractivity contribution in [2.75, 3.05) is 13.1 Å². The van der Waals surface area contributed by atoms with Gasteiger partial charge >= 0.3 is 5.97 Å². The largest absolute Gasteiger partial charge is 0.481 e. The molecule has 1 saturated heterocycles. The molecule has 0 bridgehead atoms. The maximum atomic E-state index is 12.6. The summed E-state index contributed by atoms with van der Waals surface area (Å²) in [4.78, 5) is 25.6. The van der Waals surface area contributed by atoms with Crippen LogP contribution in [0.2, 0.25) is 5.02 Å². The first-order valence-electron chi connectivity index (χ1n) is 7.74. The summed E-state index contributed by atoms with van der Waals surface area (Å²) >= 11 is 6.01. The Kier molecular flexibility index (Phi) is 4.13. The quantitative estimate of drug-likeness (QED) is 0.931. The number of piperidine rings is 1. The predicted octanol–water partition coefficient (Wildman–Crippen LogP) is 3.01. The van der Waals surface area contributed by atoms with Gasteiger partial charge in [-0.05, 0) is 42.4 Å². The van der Waals surface area contributed by atoms with E-state index in [1.54, 1.807) is 0 Å². The third-order valence-electron chi connectivity index (χ3n) is 4.92. The van der Waals surface area contributed by atoms with Crippen molar-refractivity contribution in [2.45, 2.75) is 25.7 Å². The average Bonchev–Trinajstić information content (AvgIpc) is 3.26. The van der Waals surface area contributed by atoms with Crippen LogP contribution in [0, 0.1) is 17.8 Å². The third-order valence-corrected chi connectivity index (χ3v) is 5.15. The zero-order valence-corrected chi connectivity index (χ0v) is 13.3. The van der Waals surface area contributed by atoms with Crippen LogP contribution < -0.4 is 0 Å². The van der Waals surface area contributed by atoms with Gasteiger partial charge in [-0.15, -0.1) is 0 Å². The minimum absolute atomic E-state index is 0.0126. The predicted molar refractivity (Wildman–Crippen MR) is 83.8 cm³/mol. The molecule has 1 amide bonds. The molecule has 2 fully saturated rings. The molecule has 22 heavy (non-hydrogen) atoms. The molecular weight excluding hydrogens is 302 g/mol. The van der Waals surface area contributed by atoms with Gasteiger partial charge in [0.1, 0.15) is 0 Å². The monoisotopic (exact) mass is 321 g/mol. The van der Waals surface area contributed by atoms with Gasteiger partial charge in [-0.2, -0.15) is 0 Å². The number of carboxylic acid groups (broad SMARTS) is 1. The van der Waals surface area contributed by atoms with E-state index in [4.69, 9.17) is 16.7 Å². The summed E-state index contributed by atoms with van der Waals surface area (Å²) in [5.41, 5.74) is 1.12. The first kappa shape index (κ1) is 15.3. The maximum absolute atomic E-state index is 12.6. The highest BCUT2D eigenvalue weighted by molar-refractivity contribution is 6.30. The molecule has 2 aliphatic rings. The Morgan fingerprint density at radius 1 is 1.32 bits per heavy atom. The van der Waals surface area contributed by atoms with Gasteiger partial charge < -0.3 is 10.0 Å². The molecule has 4 unspecified atom stereocenters. The molecule has 1 saturated carbocycles. The van der Waals surface area contributed by atoms with E-state index in [2.05, 4.69) is 0 Å². The van der Waals surface area contributed by atoms with Gasteiger partial charge in [-0.25, -0.2) is 0 Å². The van der Waals surface area contributed by atoms with E-state index < -0.39 is 5.97 Å². The van der Waals surface area contributed by atoms with Gasteiger partial charge in [-0.3, -0.25) is 9.59 Å². The van der Waals surface area contributed by atoms with Crippen molar-refractivity contribution in [1.82, 2.24) is 4.90 Å². The summed E-state index contributed by atoms with van der Waals surface area (Å²) in [5, 5.41) is 9.86. The van der Waals surface area contributed by atoms with Crippen molar-refractivity contribution in [3.8, 4) is 0 Å². The van der Waals surface area contributed by atoms with Crippen LogP contribution in [-0.4, -0.2) is 35.0 Å². The van der Waals surface area contributed by atoms with Crippen molar-refractivity contribution in [1.29, 1.82) is 0 Å². The summed E-state index contributed by atoms with van der Waals surface area (Å²) in [6.45, 7) is 3.02. The second-order valence-electron chi connectivity index (χ2n) is 6.50. The fourth-order valence-electron chi connectivity index (χ4n) is 3.52. The molecule has 1 N–H and O–H groups in total. The highest BCUT2D eigenvalue weighted by atomic mass is 35.5. The normalized spacial score (nSPS) is 30.9. The Hall–Kier alpha value is -1.55. The Bertz CT molecular complexity index is 603. The molecule has 0 spiro atoms. The fourth-order valence-corrected chi connectivity index (χ4v) is 3.72. The fraction of sp³-hybridized carbons (Fsp3) is 0.529. The topological polar surface area (TPSA) is 57.6 Å². The van der Waals surface area contributed by atoms with Crippen LogP contribution in [0.15, 0.2) is 24.3 Å². The number of carbonyl (C=O) groups is 2. The third kappa shape index (κ3) is 2.98. The summed E-state index contributed by atoms with van der Waals surface area (Å²) in [6.07, 6.45) is 1.42. The van der Waals surface area contributed by atoms with Crippen LogP contribution >= 0.6 is 11.6 Å². The number of hydrogen-bond donors (Lipinski definition) is 1. The first-order valence-corrected chi connectivity index (χ1v) is 8.12. The molecule has 0 radical (unpaired) electrons. The lowest BCUT2D eigenvalue weighted by atomic mass is 9.87. The molecule has 5 heteroatoms. The molecule has 1 heterocycles. The van der Waals surface area contributed by atoms with Crippen molar-refractivity contribution >= 4 is 23.5 Å². The summed E-state index contributed by atoms with van der Waals surface area (Å²) in [6, 6.07) is 7.70. The lowest BCUT2D eigenvalue weighted by Gasteiger charge is -2.35. The zero-order chi connectivity index (χ0) is 15.9. The van der Waals surface area contributed by atoms with Crippen molar-refractivity contribution in [3.05, 3.63) is 34.9 Å². The van der Waals surface area contributed by atoms with Crippen LogP contribution in [0.3, 0.4) is 0 Å². The number of amides is 1. The number of benzene rings is 1. The smallest absolute Gasteiger partial charge is 0.306 e. The van der Waals surface area contributed by atoms with Crippen LogP contribution in [0.25, 0.3) is 0 Å². The van der Waals surface area contributed by atoms with Gasteiger partial charge in [0.25, 0.3) is 0 Å². The molecule has 1 aromatic rings. The second kappa shape index (κ2) is 5.92. The molecule has 1 aliphatic heterocycles. The van der Waals surface area contributed by atoms with Crippen molar-refractivity contribution < 1.29 is 14.7 Å². The number of aliphatic carboxylic acids is 1.